The molecule has 0 spiro atoms. The number of carbonyl (C=O) groups excluding carboxylic acids is 2. The zero-order chi connectivity index (χ0) is 21.9. The van der Waals surface area contributed by atoms with Gasteiger partial charge in [0, 0.05) is 35.8 Å². The van der Waals surface area contributed by atoms with E-state index >= 15 is 0 Å². The number of thioether (sulfide) groups is 1. The van der Waals surface area contributed by atoms with Crippen molar-refractivity contribution in [1.29, 1.82) is 0 Å². The Morgan fingerprint density at radius 3 is 2.53 bits per heavy atom. The second kappa shape index (κ2) is 9.96. The average molecular weight is 473 g/mol. The molecule has 2 aliphatic rings. The number of halogens is 1. The van der Waals surface area contributed by atoms with E-state index in [1.165, 1.54) is 0 Å². The minimum Gasteiger partial charge on any atom is -0.352 e. The predicted molar refractivity (Wildman–Crippen MR) is 117 cm³/mol. The Kier molecular flexibility index (Phi) is 7.79. The number of sulfone groups is 1. The molecule has 0 fully saturated rings. The number of ether oxygens (including phenoxy) is 2. The number of carbonyl (C=O) groups is 2. The van der Waals surface area contributed by atoms with Crippen LogP contribution in [0.3, 0.4) is 0 Å². The zero-order valence-electron chi connectivity index (χ0n) is 17.0. The third kappa shape index (κ3) is 4.83. The van der Waals surface area contributed by atoms with Crippen molar-refractivity contribution in [2.45, 2.75) is 50.7 Å². The van der Waals surface area contributed by atoms with Gasteiger partial charge in [0.2, 0.25) is 0 Å². The number of hydrogen-bond donors (Lipinski definition) is 0. The van der Waals surface area contributed by atoms with Crippen LogP contribution in [-0.2, 0) is 30.5 Å². The summed E-state index contributed by atoms with van der Waals surface area (Å²) in [6.45, 7) is 4.05. The van der Waals surface area contributed by atoms with Crippen molar-refractivity contribution in [3.8, 4) is 0 Å². The van der Waals surface area contributed by atoms with Gasteiger partial charge < -0.3 is 9.47 Å². The molecule has 1 heterocycles. The number of rotatable bonds is 9. The summed E-state index contributed by atoms with van der Waals surface area (Å²) in [5.74, 6) is -0.639. The van der Waals surface area contributed by atoms with Gasteiger partial charge in [-0.15, -0.1) is 11.8 Å². The number of allylic oxidation sites excluding steroid dienone is 2. The largest absolute Gasteiger partial charge is 0.352 e. The maximum atomic E-state index is 13.3. The van der Waals surface area contributed by atoms with E-state index in [9.17, 15) is 18.0 Å². The molecule has 0 N–H and O–H groups in total. The second-order valence-electron chi connectivity index (χ2n) is 7.03. The van der Waals surface area contributed by atoms with Crippen molar-refractivity contribution >= 4 is 44.8 Å². The fourth-order valence-electron chi connectivity index (χ4n) is 3.72. The molecule has 1 aromatic carbocycles. The molecule has 1 aromatic rings. The normalized spacial score (nSPS) is 17.0. The summed E-state index contributed by atoms with van der Waals surface area (Å²) in [7, 11) is -3.95. The molecule has 0 radical (unpaired) electrons. The van der Waals surface area contributed by atoms with E-state index in [1.807, 2.05) is 6.07 Å². The van der Waals surface area contributed by atoms with E-state index < -0.39 is 33.4 Å². The van der Waals surface area contributed by atoms with Gasteiger partial charge in [-0.25, -0.2) is 8.42 Å². The van der Waals surface area contributed by atoms with Gasteiger partial charge >= 0.3 is 0 Å². The Labute approximate surface area is 186 Å². The molecule has 0 unspecified atom stereocenters. The van der Waals surface area contributed by atoms with E-state index in [-0.39, 0.29) is 42.1 Å². The highest BCUT2D eigenvalue weighted by Crippen LogP contribution is 2.39. The molecule has 0 atom stereocenters. The number of benzene rings is 1. The number of hydrogen-bond acceptors (Lipinski definition) is 7. The molecule has 0 aromatic heterocycles. The van der Waals surface area contributed by atoms with Gasteiger partial charge in [-0.2, -0.15) is 0 Å². The van der Waals surface area contributed by atoms with Gasteiger partial charge in [0.05, 0.1) is 15.5 Å². The number of ketones is 2. The van der Waals surface area contributed by atoms with Crippen molar-refractivity contribution in [1.82, 2.24) is 0 Å². The van der Waals surface area contributed by atoms with Crippen molar-refractivity contribution in [3.05, 3.63) is 38.8 Å². The van der Waals surface area contributed by atoms with Crippen LogP contribution in [-0.4, -0.2) is 51.0 Å². The molecule has 0 amide bonds. The van der Waals surface area contributed by atoms with Gasteiger partial charge in [-0.05, 0) is 50.8 Å². The molecule has 0 saturated heterocycles. The van der Waals surface area contributed by atoms with E-state index in [2.05, 4.69) is 0 Å². The molecule has 1 aliphatic heterocycles. The number of Topliss-reactive ketones (excluding diaryl/α,β-unsaturated/α-hetero) is 2. The standard InChI is InChI=1S/C21H25ClO6S2/c1-3-27-18(28-4-2)12-30(25,26)17-7-5-6-15(23)19(17)21(24)14-8-9-16-13(20(14)22)10-11-29-16/h8-9,18H,3-7,10-12H2,1-2H3. The molecular formula is C21H25ClO6S2. The van der Waals surface area contributed by atoms with Gasteiger partial charge in [0.1, 0.15) is 5.75 Å². The zero-order valence-corrected chi connectivity index (χ0v) is 19.4. The molecule has 3 rings (SSSR count). The van der Waals surface area contributed by atoms with E-state index in [0.29, 0.717) is 11.4 Å². The summed E-state index contributed by atoms with van der Waals surface area (Å²) >= 11 is 8.15. The molecule has 0 bridgehead atoms. The first-order valence-electron chi connectivity index (χ1n) is 10.0. The quantitative estimate of drug-likeness (QED) is 0.305. The Balaban J connectivity index is 2.03. The summed E-state index contributed by atoms with van der Waals surface area (Å²) in [5, 5.41) is 0.312. The van der Waals surface area contributed by atoms with Gasteiger partial charge in [-0.1, -0.05) is 11.6 Å². The first-order chi connectivity index (χ1) is 14.3. The highest BCUT2D eigenvalue weighted by molar-refractivity contribution is 7.99. The van der Waals surface area contributed by atoms with E-state index in [0.717, 1.165) is 22.6 Å². The third-order valence-electron chi connectivity index (χ3n) is 5.08. The molecular weight excluding hydrogens is 448 g/mol. The van der Waals surface area contributed by atoms with E-state index in [1.54, 1.807) is 31.7 Å². The average Bonchev–Trinajstić information content (AvgIpc) is 3.17. The fraction of sp³-hybridized carbons (Fsp3) is 0.524. The van der Waals surface area contributed by atoms with Gasteiger partial charge in [-0.3, -0.25) is 9.59 Å². The Morgan fingerprint density at radius 1 is 1.17 bits per heavy atom. The lowest BCUT2D eigenvalue weighted by Crippen LogP contribution is -2.31. The first-order valence-corrected chi connectivity index (χ1v) is 13.0. The van der Waals surface area contributed by atoms with Crippen molar-refractivity contribution in [2.24, 2.45) is 0 Å². The lowest BCUT2D eigenvalue weighted by Gasteiger charge is -2.22. The third-order valence-corrected chi connectivity index (χ3v) is 8.49. The van der Waals surface area contributed by atoms with Crippen LogP contribution in [0.25, 0.3) is 0 Å². The Hall–Kier alpha value is -1.19. The van der Waals surface area contributed by atoms with Crippen LogP contribution in [0.2, 0.25) is 5.02 Å². The molecule has 6 nitrogen and oxygen atoms in total. The summed E-state index contributed by atoms with van der Waals surface area (Å²) in [5.41, 5.74) is 0.802. The molecule has 9 heteroatoms. The lowest BCUT2D eigenvalue weighted by atomic mass is 9.91. The first kappa shape index (κ1) is 23.5. The highest BCUT2D eigenvalue weighted by atomic mass is 35.5. The topological polar surface area (TPSA) is 86.7 Å². The van der Waals surface area contributed by atoms with Crippen LogP contribution in [0, 0.1) is 0 Å². The lowest BCUT2D eigenvalue weighted by molar-refractivity contribution is -0.120. The minimum absolute atomic E-state index is 0.126. The maximum absolute atomic E-state index is 13.3. The summed E-state index contributed by atoms with van der Waals surface area (Å²) in [4.78, 5) is 26.9. The van der Waals surface area contributed by atoms with Crippen LogP contribution < -0.4 is 0 Å². The summed E-state index contributed by atoms with van der Waals surface area (Å²) in [6, 6.07) is 3.40. The molecule has 164 valence electrons. The Morgan fingerprint density at radius 2 is 1.87 bits per heavy atom. The molecule has 30 heavy (non-hydrogen) atoms. The van der Waals surface area contributed by atoms with Crippen molar-refractivity contribution < 1.29 is 27.5 Å². The van der Waals surface area contributed by atoms with Crippen LogP contribution >= 0.6 is 23.4 Å². The minimum atomic E-state index is -3.95. The predicted octanol–water partition coefficient (Wildman–Crippen LogP) is 3.99. The highest BCUT2D eigenvalue weighted by Gasteiger charge is 2.36. The van der Waals surface area contributed by atoms with Gasteiger partial charge in [0.25, 0.3) is 0 Å². The van der Waals surface area contributed by atoms with Crippen LogP contribution in [0.1, 0.15) is 49.0 Å². The van der Waals surface area contributed by atoms with Crippen LogP contribution in [0.4, 0.5) is 0 Å². The smallest absolute Gasteiger partial charge is 0.199 e. The van der Waals surface area contributed by atoms with E-state index in [4.69, 9.17) is 21.1 Å². The Bertz CT molecular complexity index is 977. The van der Waals surface area contributed by atoms with Crippen LogP contribution in [0.15, 0.2) is 27.5 Å². The second-order valence-corrected chi connectivity index (χ2v) is 10.6. The molecule has 1 aliphatic carbocycles. The monoisotopic (exact) mass is 472 g/mol. The summed E-state index contributed by atoms with van der Waals surface area (Å²) in [6.07, 6.45) is 0.443. The number of fused-ring (bicyclic) bond motifs is 1. The van der Waals surface area contributed by atoms with Crippen molar-refractivity contribution in [3.63, 3.8) is 0 Å². The summed E-state index contributed by atoms with van der Waals surface area (Å²) < 4.78 is 37.0. The SMILES string of the molecule is CCOC(CS(=O)(=O)C1=C(C(=O)c2ccc3c(c2Cl)CCS3)C(=O)CCC1)OCC. The molecule has 0 saturated carbocycles. The maximum Gasteiger partial charge on any atom is 0.199 e. The van der Waals surface area contributed by atoms with Gasteiger partial charge in [0.15, 0.2) is 27.7 Å². The fourth-order valence-corrected chi connectivity index (χ4v) is 6.91. The van der Waals surface area contributed by atoms with Crippen molar-refractivity contribution in [2.75, 3.05) is 24.7 Å². The van der Waals surface area contributed by atoms with Crippen LogP contribution in [0.5, 0.6) is 0 Å².